The number of hydrogen-bond acceptors (Lipinski definition) is 2. The molecule has 0 heterocycles. The fraction of sp³-hybridized carbons (Fsp3) is 0.222. The monoisotopic (exact) mass is 389 g/mol. The van der Waals surface area contributed by atoms with Crippen LogP contribution in [0.25, 0.3) is 0 Å². The third-order valence-electron chi connectivity index (χ3n) is 3.29. The molecule has 3 amide bonds. The lowest BCUT2D eigenvalue weighted by Crippen LogP contribution is -2.30. The molecule has 0 saturated carbocycles. The second-order valence-corrected chi connectivity index (χ2v) is 6.24. The zero-order valence-corrected chi connectivity index (χ0v) is 15.0. The Kier molecular flexibility index (Phi) is 6.81. The number of para-hydroxylation sites is 1. The maximum Gasteiger partial charge on any atom is 0.319 e. The molecule has 0 aliphatic heterocycles. The van der Waals surface area contributed by atoms with Crippen molar-refractivity contribution >= 4 is 39.2 Å². The quantitative estimate of drug-likeness (QED) is 0.644. The molecule has 6 heteroatoms. The van der Waals surface area contributed by atoms with Crippen LogP contribution >= 0.6 is 15.9 Å². The smallest absolute Gasteiger partial charge is 0.319 e. The van der Waals surface area contributed by atoms with Crippen molar-refractivity contribution < 1.29 is 9.59 Å². The van der Waals surface area contributed by atoms with E-state index in [9.17, 15) is 9.59 Å². The lowest BCUT2D eigenvalue weighted by Gasteiger charge is -2.09. The van der Waals surface area contributed by atoms with Crippen LogP contribution in [0.15, 0.2) is 53.0 Å². The van der Waals surface area contributed by atoms with Crippen molar-refractivity contribution in [3.05, 3.63) is 58.6 Å². The van der Waals surface area contributed by atoms with Gasteiger partial charge < -0.3 is 16.0 Å². The molecule has 0 spiro atoms. The molecule has 24 heavy (non-hydrogen) atoms. The van der Waals surface area contributed by atoms with Gasteiger partial charge in [-0.05, 0) is 59.1 Å². The van der Waals surface area contributed by atoms with E-state index in [2.05, 4.69) is 31.9 Å². The summed E-state index contributed by atoms with van der Waals surface area (Å²) >= 11 is 3.37. The third-order valence-corrected chi connectivity index (χ3v) is 3.98. The van der Waals surface area contributed by atoms with Crippen LogP contribution in [0.3, 0.4) is 0 Å². The predicted molar refractivity (Wildman–Crippen MR) is 100 cm³/mol. The molecule has 126 valence electrons. The lowest BCUT2D eigenvalue weighted by molar-refractivity contribution is -0.116. The van der Waals surface area contributed by atoms with E-state index in [-0.39, 0.29) is 11.9 Å². The van der Waals surface area contributed by atoms with Crippen molar-refractivity contribution in [3.8, 4) is 0 Å². The van der Waals surface area contributed by atoms with Crippen LogP contribution in [0.4, 0.5) is 16.2 Å². The topological polar surface area (TPSA) is 70.2 Å². The third kappa shape index (κ3) is 6.04. The van der Waals surface area contributed by atoms with Crippen molar-refractivity contribution in [1.29, 1.82) is 0 Å². The van der Waals surface area contributed by atoms with Crippen molar-refractivity contribution in [2.45, 2.75) is 19.8 Å². The van der Waals surface area contributed by atoms with Gasteiger partial charge in [-0.1, -0.05) is 24.3 Å². The summed E-state index contributed by atoms with van der Waals surface area (Å²) in [6, 6.07) is 14.7. The van der Waals surface area contributed by atoms with Crippen molar-refractivity contribution in [1.82, 2.24) is 5.32 Å². The maximum atomic E-state index is 11.9. The molecule has 0 unspecified atom stereocenters. The number of rotatable bonds is 6. The minimum Gasteiger partial charge on any atom is -0.338 e. The molecule has 2 aromatic rings. The van der Waals surface area contributed by atoms with Gasteiger partial charge in [0.15, 0.2) is 0 Å². The SMILES string of the molecule is Cc1cccc(NC(=O)CCCNC(=O)Nc2ccccc2Br)c1. The number of nitrogens with one attached hydrogen (secondary N) is 3. The van der Waals surface area contributed by atoms with Gasteiger partial charge in [0, 0.05) is 23.1 Å². The Balaban J connectivity index is 1.66. The highest BCUT2D eigenvalue weighted by molar-refractivity contribution is 9.10. The Hall–Kier alpha value is -2.34. The van der Waals surface area contributed by atoms with Crippen molar-refractivity contribution in [2.24, 2.45) is 0 Å². The summed E-state index contributed by atoms with van der Waals surface area (Å²) in [5.74, 6) is -0.0615. The van der Waals surface area contributed by atoms with Gasteiger partial charge in [-0.25, -0.2) is 4.79 Å². The number of hydrogen-bond donors (Lipinski definition) is 3. The summed E-state index contributed by atoms with van der Waals surface area (Å²) in [6.07, 6.45) is 0.921. The summed E-state index contributed by atoms with van der Waals surface area (Å²) in [5, 5.41) is 8.33. The van der Waals surface area contributed by atoms with E-state index in [0.717, 1.165) is 15.7 Å². The predicted octanol–water partition coefficient (Wildman–Crippen LogP) is 4.30. The average Bonchev–Trinajstić information content (AvgIpc) is 2.54. The Bertz CT molecular complexity index is 719. The summed E-state index contributed by atoms with van der Waals surface area (Å²) in [5.41, 5.74) is 2.59. The summed E-state index contributed by atoms with van der Waals surface area (Å²) in [6.45, 7) is 2.40. The molecule has 2 rings (SSSR count). The standard InChI is InChI=1S/C18H20BrN3O2/c1-13-6-4-7-14(12-13)21-17(23)10-5-11-20-18(24)22-16-9-3-2-8-15(16)19/h2-4,6-9,12H,5,10-11H2,1H3,(H,21,23)(H2,20,22,24). The molecule has 0 saturated heterocycles. The van der Waals surface area contributed by atoms with Gasteiger partial charge in [0.25, 0.3) is 0 Å². The largest absolute Gasteiger partial charge is 0.338 e. The summed E-state index contributed by atoms with van der Waals surface area (Å²) in [4.78, 5) is 23.7. The number of amides is 3. The number of anilines is 2. The molecular weight excluding hydrogens is 370 g/mol. The minimum atomic E-state index is -0.291. The second-order valence-electron chi connectivity index (χ2n) is 5.38. The maximum absolute atomic E-state index is 11.9. The van der Waals surface area contributed by atoms with Crippen LogP contribution in [-0.2, 0) is 4.79 Å². The molecule has 0 aliphatic carbocycles. The first-order valence-electron chi connectivity index (χ1n) is 7.70. The van der Waals surface area contributed by atoms with Gasteiger partial charge in [-0.2, -0.15) is 0 Å². The molecule has 3 N–H and O–H groups in total. The first-order valence-corrected chi connectivity index (χ1v) is 8.50. The number of carbonyl (C=O) groups is 2. The molecule has 0 aliphatic rings. The second kappa shape index (κ2) is 9.08. The van der Waals surface area contributed by atoms with Crippen LogP contribution in [-0.4, -0.2) is 18.5 Å². The first kappa shape index (κ1) is 18.0. The van der Waals surface area contributed by atoms with Gasteiger partial charge in [0.1, 0.15) is 0 Å². The average molecular weight is 390 g/mol. The fourth-order valence-corrected chi connectivity index (χ4v) is 2.51. The first-order chi connectivity index (χ1) is 11.5. The highest BCUT2D eigenvalue weighted by Gasteiger charge is 2.05. The van der Waals surface area contributed by atoms with Crippen LogP contribution in [0, 0.1) is 6.92 Å². The van der Waals surface area contributed by atoms with Crippen molar-refractivity contribution in [3.63, 3.8) is 0 Å². The van der Waals surface area contributed by atoms with E-state index >= 15 is 0 Å². The molecule has 5 nitrogen and oxygen atoms in total. The Morgan fingerprint density at radius 3 is 2.58 bits per heavy atom. The highest BCUT2D eigenvalue weighted by Crippen LogP contribution is 2.20. The zero-order chi connectivity index (χ0) is 17.4. The van der Waals surface area contributed by atoms with E-state index in [4.69, 9.17) is 0 Å². The number of halogens is 1. The van der Waals surface area contributed by atoms with E-state index < -0.39 is 0 Å². The van der Waals surface area contributed by atoms with Gasteiger partial charge in [0.2, 0.25) is 5.91 Å². The Morgan fingerprint density at radius 2 is 1.83 bits per heavy atom. The molecule has 0 atom stereocenters. The van der Waals surface area contributed by atoms with Crippen LogP contribution < -0.4 is 16.0 Å². The normalized spacial score (nSPS) is 10.1. The fourth-order valence-electron chi connectivity index (χ4n) is 2.13. The number of urea groups is 1. The highest BCUT2D eigenvalue weighted by atomic mass is 79.9. The van der Waals surface area contributed by atoms with Crippen molar-refractivity contribution in [2.75, 3.05) is 17.2 Å². The number of benzene rings is 2. The molecular formula is C18H20BrN3O2. The summed E-state index contributed by atoms with van der Waals surface area (Å²) in [7, 11) is 0. The molecule has 0 bridgehead atoms. The Morgan fingerprint density at radius 1 is 1.04 bits per heavy atom. The molecule has 0 radical (unpaired) electrons. The Labute approximate surface area is 150 Å². The molecule has 0 aromatic heterocycles. The van der Waals surface area contributed by atoms with Crippen LogP contribution in [0.1, 0.15) is 18.4 Å². The number of carbonyl (C=O) groups excluding carboxylic acids is 2. The molecule has 2 aromatic carbocycles. The van der Waals surface area contributed by atoms with Gasteiger partial charge in [-0.15, -0.1) is 0 Å². The van der Waals surface area contributed by atoms with E-state index in [1.54, 1.807) is 6.07 Å². The van der Waals surface area contributed by atoms with E-state index in [0.29, 0.717) is 25.1 Å². The van der Waals surface area contributed by atoms with Crippen LogP contribution in [0.5, 0.6) is 0 Å². The number of aryl methyl sites for hydroxylation is 1. The van der Waals surface area contributed by atoms with Gasteiger partial charge in [0.05, 0.1) is 5.69 Å². The van der Waals surface area contributed by atoms with Gasteiger partial charge >= 0.3 is 6.03 Å². The van der Waals surface area contributed by atoms with Crippen LogP contribution in [0.2, 0.25) is 0 Å². The summed E-state index contributed by atoms with van der Waals surface area (Å²) < 4.78 is 0.817. The van der Waals surface area contributed by atoms with E-state index in [1.807, 2.05) is 49.4 Å². The zero-order valence-electron chi connectivity index (χ0n) is 13.4. The molecule has 0 fully saturated rings. The minimum absolute atomic E-state index is 0.0615. The van der Waals surface area contributed by atoms with E-state index in [1.165, 1.54) is 0 Å². The van der Waals surface area contributed by atoms with Gasteiger partial charge in [-0.3, -0.25) is 4.79 Å². The lowest BCUT2D eigenvalue weighted by atomic mass is 10.2.